The van der Waals surface area contributed by atoms with E-state index >= 15 is 0 Å². The summed E-state index contributed by atoms with van der Waals surface area (Å²) in [5, 5.41) is 10.7. The molecule has 0 N–H and O–H groups in total. The highest BCUT2D eigenvalue weighted by molar-refractivity contribution is 5.86. The molecule has 102 valence electrons. The number of aldehydes is 1. The molecule has 19 heavy (non-hydrogen) atoms. The van der Waals surface area contributed by atoms with Gasteiger partial charge in [-0.1, -0.05) is 0 Å². The maximum atomic E-state index is 11.1. The number of nitro benzene ring substituents is 1. The fourth-order valence-corrected chi connectivity index (χ4v) is 2.41. The number of nitro groups is 1. The number of carbonyl (C=O) groups is 1. The number of ether oxygens (including phenoxy) is 1. The van der Waals surface area contributed by atoms with Gasteiger partial charge in [0.15, 0.2) is 6.29 Å². The number of benzene rings is 1. The molecular formula is C13H16N2O4. The van der Waals surface area contributed by atoms with Crippen LogP contribution in [0.1, 0.15) is 24.2 Å². The summed E-state index contributed by atoms with van der Waals surface area (Å²) in [6.45, 7) is 5.27. The van der Waals surface area contributed by atoms with Gasteiger partial charge in [-0.3, -0.25) is 14.9 Å². The third-order valence-corrected chi connectivity index (χ3v) is 3.11. The van der Waals surface area contributed by atoms with Gasteiger partial charge < -0.3 is 9.64 Å². The molecule has 0 spiro atoms. The van der Waals surface area contributed by atoms with E-state index < -0.39 is 4.92 Å². The monoisotopic (exact) mass is 264 g/mol. The van der Waals surface area contributed by atoms with E-state index in [9.17, 15) is 14.9 Å². The first-order valence-electron chi connectivity index (χ1n) is 6.15. The van der Waals surface area contributed by atoms with Crippen LogP contribution in [-0.4, -0.2) is 36.5 Å². The molecule has 1 fully saturated rings. The van der Waals surface area contributed by atoms with Gasteiger partial charge in [0.2, 0.25) is 0 Å². The van der Waals surface area contributed by atoms with E-state index in [1.54, 1.807) is 6.07 Å². The molecule has 0 radical (unpaired) electrons. The SMILES string of the molecule is C[C@@H]1CN(c2ccc([N+](=O)[O-])cc2C=O)C[C@@H](C)O1. The van der Waals surface area contributed by atoms with Crippen molar-refractivity contribution in [3.63, 3.8) is 0 Å². The molecule has 1 aromatic rings. The number of non-ortho nitro benzene ring substituents is 1. The topological polar surface area (TPSA) is 72.7 Å². The van der Waals surface area contributed by atoms with Gasteiger partial charge in [-0.25, -0.2) is 0 Å². The summed E-state index contributed by atoms with van der Waals surface area (Å²) in [5.41, 5.74) is 0.998. The fourth-order valence-electron chi connectivity index (χ4n) is 2.41. The molecule has 2 rings (SSSR count). The van der Waals surface area contributed by atoms with Crippen LogP contribution in [0.25, 0.3) is 0 Å². The number of nitrogens with zero attached hydrogens (tertiary/aromatic N) is 2. The summed E-state index contributed by atoms with van der Waals surface area (Å²) in [6.07, 6.45) is 0.796. The summed E-state index contributed by atoms with van der Waals surface area (Å²) in [7, 11) is 0. The zero-order valence-electron chi connectivity index (χ0n) is 10.9. The predicted octanol–water partition coefficient (Wildman–Crippen LogP) is 2.02. The van der Waals surface area contributed by atoms with Crippen molar-refractivity contribution in [2.45, 2.75) is 26.1 Å². The minimum Gasteiger partial charge on any atom is -0.372 e. The number of anilines is 1. The maximum Gasteiger partial charge on any atom is 0.270 e. The number of hydrogen-bond acceptors (Lipinski definition) is 5. The molecule has 6 nitrogen and oxygen atoms in total. The lowest BCUT2D eigenvalue weighted by Crippen LogP contribution is -2.45. The first kappa shape index (κ1) is 13.5. The summed E-state index contributed by atoms with van der Waals surface area (Å²) in [6, 6.07) is 4.37. The smallest absolute Gasteiger partial charge is 0.270 e. The normalized spacial score (nSPS) is 23.2. The molecule has 1 aliphatic heterocycles. The van der Waals surface area contributed by atoms with E-state index in [0.29, 0.717) is 24.9 Å². The van der Waals surface area contributed by atoms with E-state index in [0.717, 1.165) is 5.69 Å². The second kappa shape index (κ2) is 5.36. The van der Waals surface area contributed by atoms with Crippen molar-refractivity contribution in [1.29, 1.82) is 0 Å². The minimum absolute atomic E-state index is 0.0680. The fraction of sp³-hybridized carbons (Fsp3) is 0.462. The van der Waals surface area contributed by atoms with Crippen molar-refractivity contribution in [1.82, 2.24) is 0 Å². The first-order valence-corrected chi connectivity index (χ1v) is 6.15. The van der Waals surface area contributed by atoms with Gasteiger partial charge in [-0.2, -0.15) is 0 Å². The third kappa shape index (κ3) is 2.90. The van der Waals surface area contributed by atoms with Crippen LogP contribution in [0.4, 0.5) is 11.4 Å². The third-order valence-electron chi connectivity index (χ3n) is 3.11. The van der Waals surface area contributed by atoms with Crippen LogP contribution < -0.4 is 4.90 Å². The number of hydrogen-bond donors (Lipinski definition) is 0. The Labute approximate surface area is 111 Å². The lowest BCUT2D eigenvalue weighted by molar-refractivity contribution is -0.384. The Hall–Kier alpha value is -1.95. The summed E-state index contributed by atoms with van der Waals surface area (Å²) in [5.74, 6) is 0. The highest BCUT2D eigenvalue weighted by Gasteiger charge is 2.24. The lowest BCUT2D eigenvalue weighted by Gasteiger charge is -2.37. The van der Waals surface area contributed by atoms with E-state index in [4.69, 9.17) is 4.74 Å². The van der Waals surface area contributed by atoms with E-state index in [1.165, 1.54) is 12.1 Å². The molecule has 1 aromatic carbocycles. The summed E-state index contributed by atoms with van der Waals surface area (Å²) in [4.78, 5) is 23.4. The summed E-state index contributed by atoms with van der Waals surface area (Å²) < 4.78 is 5.64. The van der Waals surface area contributed by atoms with Crippen LogP contribution in [0.3, 0.4) is 0 Å². The van der Waals surface area contributed by atoms with Crippen molar-refractivity contribution in [3.05, 3.63) is 33.9 Å². The van der Waals surface area contributed by atoms with Crippen LogP contribution >= 0.6 is 0 Å². The molecule has 0 unspecified atom stereocenters. The van der Waals surface area contributed by atoms with E-state index in [-0.39, 0.29) is 17.9 Å². The standard InChI is InChI=1S/C13H16N2O4/c1-9-6-14(7-10(2)19-9)13-4-3-12(15(17)18)5-11(13)8-16/h3-5,8-10H,6-7H2,1-2H3/t9-,10-/m1/s1. The number of carbonyl (C=O) groups excluding carboxylic acids is 1. The van der Waals surface area contributed by atoms with Gasteiger partial charge in [0.05, 0.1) is 17.1 Å². The van der Waals surface area contributed by atoms with Crippen LogP contribution in [0.15, 0.2) is 18.2 Å². The molecule has 1 heterocycles. The predicted molar refractivity (Wildman–Crippen MR) is 70.7 cm³/mol. The zero-order chi connectivity index (χ0) is 14.0. The molecule has 2 atom stereocenters. The molecule has 0 bridgehead atoms. The highest BCUT2D eigenvalue weighted by Crippen LogP contribution is 2.27. The Morgan fingerprint density at radius 2 is 2.00 bits per heavy atom. The second-order valence-corrected chi connectivity index (χ2v) is 4.78. The molecule has 1 aliphatic rings. The van der Waals surface area contributed by atoms with E-state index in [2.05, 4.69) is 0 Å². The van der Waals surface area contributed by atoms with Crippen molar-refractivity contribution >= 4 is 17.7 Å². The summed E-state index contributed by atoms with van der Waals surface area (Å²) >= 11 is 0. The molecule has 1 saturated heterocycles. The molecule has 0 amide bonds. The van der Waals surface area contributed by atoms with Crippen molar-refractivity contribution < 1.29 is 14.5 Å². The first-order chi connectivity index (χ1) is 9.01. The minimum atomic E-state index is -0.499. The highest BCUT2D eigenvalue weighted by atomic mass is 16.6. The second-order valence-electron chi connectivity index (χ2n) is 4.78. The molecule has 6 heteroatoms. The van der Waals surface area contributed by atoms with Gasteiger partial charge in [0.1, 0.15) is 0 Å². The number of morpholine rings is 1. The van der Waals surface area contributed by atoms with Gasteiger partial charge in [-0.15, -0.1) is 0 Å². The van der Waals surface area contributed by atoms with Crippen LogP contribution in [0.5, 0.6) is 0 Å². The number of rotatable bonds is 3. The average Bonchev–Trinajstić information content (AvgIpc) is 2.36. The molecular weight excluding hydrogens is 248 g/mol. The average molecular weight is 264 g/mol. The Morgan fingerprint density at radius 3 is 2.53 bits per heavy atom. The zero-order valence-corrected chi connectivity index (χ0v) is 10.9. The van der Waals surface area contributed by atoms with Gasteiger partial charge in [0, 0.05) is 36.5 Å². The Morgan fingerprint density at radius 1 is 1.37 bits per heavy atom. The van der Waals surface area contributed by atoms with Gasteiger partial charge in [-0.05, 0) is 19.9 Å². The Bertz CT molecular complexity index is 493. The van der Waals surface area contributed by atoms with Gasteiger partial charge in [0.25, 0.3) is 5.69 Å². The van der Waals surface area contributed by atoms with Crippen molar-refractivity contribution in [2.24, 2.45) is 0 Å². The van der Waals surface area contributed by atoms with Crippen molar-refractivity contribution in [2.75, 3.05) is 18.0 Å². The lowest BCUT2D eigenvalue weighted by atomic mass is 10.1. The quantitative estimate of drug-likeness (QED) is 0.474. The molecule has 0 aliphatic carbocycles. The molecule has 0 saturated carbocycles. The molecule has 0 aromatic heterocycles. The van der Waals surface area contributed by atoms with Crippen LogP contribution in [-0.2, 0) is 4.74 Å². The van der Waals surface area contributed by atoms with E-state index in [1.807, 2.05) is 18.7 Å². The largest absolute Gasteiger partial charge is 0.372 e. The van der Waals surface area contributed by atoms with Crippen LogP contribution in [0, 0.1) is 10.1 Å². The van der Waals surface area contributed by atoms with Gasteiger partial charge >= 0.3 is 0 Å². The van der Waals surface area contributed by atoms with Crippen LogP contribution in [0.2, 0.25) is 0 Å². The Balaban J connectivity index is 2.33. The Kier molecular flexibility index (Phi) is 3.80. The van der Waals surface area contributed by atoms with Crippen molar-refractivity contribution in [3.8, 4) is 0 Å². The maximum absolute atomic E-state index is 11.1.